The van der Waals surface area contributed by atoms with Gasteiger partial charge in [-0.05, 0) is 39.2 Å². The van der Waals surface area contributed by atoms with Gasteiger partial charge in [0.2, 0.25) is 0 Å². The predicted octanol–water partition coefficient (Wildman–Crippen LogP) is 3.65. The number of halogens is 1. The summed E-state index contributed by atoms with van der Waals surface area (Å²) in [4.78, 5) is 6.61. The van der Waals surface area contributed by atoms with Gasteiger partial charge >= 0.3 is 0 Å². The highest BCUT2D eigenvalue weighted by Crippen LogP contribution is 2.28. The van der Waals surface area contributed by atoms with Gasteiger partial charge in [0.15, 0.2) is 5.96 Å². The van der Waals surface area contributed by atoms with E-state index in [0.717, 1.165) is 17.0 Å². The lowest BCUT2D eigenvalue weighted by Crippen LogP contribution is -2.27. The van der Waals surface area contributed by atoms with Crippen LogP contribution >= 0.6 is 24.0 Å². The van der Waals surface area contributed by atoms with Crippen LogP contribution in [0.4, 0.5) is 5.69 Å². The number of methoxy groups -OCH3 is 1. The second-order valence-electron chi connectivity index (χ2n) is 5.94. The lowest BCUT2D eigenvalue weighted by atomic mass is 10.0. The molecule has 136 valence electrons. The predicted molar refractivity (Wildman–Crippen MR) is 116 cm³/mol. The Morgan fingerprint density at radius 2 is 1.80 bits per heavy atom. The van der Waals surface area contributed by atoms with Crippen LogP contribution in [-0.4, -0.2) is 38.6 Å². The number of hydrogen-bond acceptors (Lipinski definition) is 3. The highest BCUT2D eigenvalue weighted by molar-refractivity contribution is 14.0. The Hall–Kier alpha value is -1.80. The van der Waals surface area contributed by atoms with E-state index in [9.17, 15) is 0 Å². The highest BCUT2D eigenvalue weighted by atomic mass is 127. The number of guanidine groups is 1. The molecule has 25 heavy (non-hydrogen) atoms. The highest BCUT2D eigenvalue weighted by Gasteiger charge is 2.17. The number of ether oxygens (including phenoxy) is 1. The van der Waals surface area contributed by atoms with Crippen LogP contribution < -0.4 is 15.8 Å². The van der Waals surface area contributed by atoms with E-state index in [4.69, 9.17) is 10.5 Å². The first-order chi connectivity index (χ1) is 11.5. The van der Waals surface area contributed by atoms with Crippen LogP contribution in [0.2, 0.25) is 0 Å². The molecule has 5 nitrogen and oxygen atoms in total. The van der Waals surface area contributed by atoms with Crippen molar-refractivity contribution >= 4 is 35.6 Å². The van der Waals surface area contributed by atoms with Crippen molar-refractivity contribution in [3.63, 3.8) is 0 Å². The molecule has 0 spiro atoms. The maximum atomic E-state index is 6.03. The zero-order chi connectivity index (χ0) is 17.5. The molecule has 0 aromatic heterocycles. The van der Waals surface area contributed by atoms with Crippen LogP contribution in [0.3, 0.4) is 0 Å². The maximum Gasteiger partial charge on any atom is 0.193 e. The maximum absolute atomic E-state index is 6.03. The number of aryl methyl sites for hydroxylation is 1. The quantitative estimate of drug-likeness (QED) is 0.398. The average molecular weight is 454 g/mol. The van der Waals surface area contributed by atoms with E-state index in [1.165, 1.54) is 5.56 Å². The molecule has 6 heteroatoms. The van der Waals surface area contributed by atoms with E-state index >= 15 is 0 Å². The van der Waals surface area contributed by atoms with Crippen molar-refractivity contribution < 1.29 is 4.74 Å². The van der Waals surface area contributed by atoms with Gasteiger partial charge in [-0.15, -0.1) is 24.0 Å². The largest absolute Gasteiger partial charge is 0.496 e. The third-order valence-corrected chi connectivity index (χ3v) is 3.88. The van der Waals surface area contributed by atoms with Crippen molar-refractivity contribution in [2.45, 2.75) is 13.0 Å². The Labute approximate surface area is 167 Å². The van der Waals surface area contributed by atoms with Gasteiger partial charge in [-0.2, -0.15) is 0 Å². The summed E-state index contributed by atoms with van der Waals surface area (Å²) in [7, 11) is 5.73. The van der Waals surface area contributed by atoms with Crippen molar-refractivity contribution in [3.05, 3.63) is 59.7 Å². The monoisotopic (exact) mass is 454 g/mol. The van der Waals surface area contributed by atoms with Crippen molar-refractivity contribution in [1.82, 2.24) is 4.90 Å². The average Bonchev–Trinajstić information content (AvgIpc) is 2.57. The number of nitrogens with zero attached hydrogens (tertiary/aromatic N) is 2. The smallest absolute Gasteiger partial charge is 0.193 e. The molecule has 0 radical (unpaired) electrons. The summed E-state index contributed by atoms with van der Waals surface area (Å²) in [6.07, 6.45) is 0. The molecule has 1 unspecified atom stereocenters. The number of likely N-dealkylation sites (N-methyl/N-ethyl adjacent to an activating group) is 1. The molecule has 2 aromatic rings. The van der Waals surface area contributed by atoms with Gasteiger partial charge in [-0.1, -0.05) is 35.9 Å². The van der Waals surface area contributed by atoms with E-state index < -0.39 is 0 Å². The standard InChI is InChI=1S/C19H26N4O.HI/c1-14-9-11-15(12-10-14)22-19(20)21-13-17(23(2)3)16-7-5-6-8-18(16)24-4;/h5-12,17H,13H2,1-4H3,(H3,20,21,22);1H. The number of rotatable bonds is 6. The van der Waals surface area contributed by atoms with Crippen LogP contribution in [0.5, 0.6) is 5.75 Å². The van der Waals surface area contributed by atoms with Gasteiger partial charge in [-0.25, -0.2) is 0 Å². The lowest BCUT2D eigenvalue weighted by molar-refractivity contribution is 0.295. The minimum Gasteiger partial charge on any atom is -0.496 e. The number of nitrogens with one attached hydrogen (secondary N) is 1. The molecule has 0 saturated heterocycles. The molecule has 3 N–H and O–H groups in total. The summed E-state index contributed by atoms with van der Waals surface area (Å²) >= 11 is 0. The molecule has 0 aliphatic heterocycles. The van der Waals surface area contributed by atoms with Crippen LogP contribution in [0.15, 0.2) is 53.5 Å². The van der Waals surface area contributed by atoms with Gasteiger partial charge in [0.1, 0.15) is 5.75 Å². The van der Waals surface area contributed by atoms with E-state index in [2.05, 4.69) is 28.2 Å². The summed E-state index contributed by atoms with van der Waals surface area (Å²) < 4.78 is 5.47. The van der Waals surface area contributed by atoms with Gasteiger partial charge in [-0.3, -0.25) is 4.99 Å². The fourth-order valence-corrected chi connectivity index (χ4v) is 2.49. The van der Waals surface area contributed by atoms with Crippen LogP contribution in [0.25, 0.3) is 0 Å². The van der Waals surface area contributed by atoms with Crippen molar-refractivity contribution in [2.24, 2.45) is 10.7 Å². The van der Waals surface area contributed by atoms with Crippen LogP contribution in [0, 0.1) is 6.92 Å². The van der Waals surface area contributed by atoms with E-state index in [-0.39, 0.29) is 30.0 Å². The Morgan fingerprint density at radius 1 is 1.16 bits per heavy atom. The molecule has 1 atom stereocenters. The van der Waals surface area contributed by atoms with Crippen LogP contribution in [-0.2, 0) is 0 Å². The molecule has 2 rings (SSSR count). The second-order valence-corrected chi connectivity index (χ2v) is 5.94. The molecule has 0 saturated carbocycles. The number of para-hydroxylation sites is 1. The zero-order valence-electron chi connectivity index (χ0n) is 15.2. The summed E-state index contributed by atoms with van der Waals surface area (Å²) in [6, 6.07) is 16.1. The molecular formula is C19H27IN4O. The van der Waals surface area contributed by atoms with E-state index in [1.807, 2.05) is 56.6 Å². The number of aliphatic imine (C=N–C) groups is 1. The molecule has 0 amide bonds. The zero-order valence-corrected chi connectivity index (χ0v) is 17.5. The van der Waals surface area contributed by atoms with Crippen molar-refractivity contribution in [2.75, 3.05) is 33.1 Å². The fraction of sp³-hybridized carbons (Fsp3) is 0.316. The van der Waals surface area contributed by atoms with Gasteiger partial charge in [0.25, 0.3) is 0 Å². The number of anilines is 1. The normalized spacial score (nSPS) is 12.4. The molecule has 0 aliphatic carbocycles. The van der Waals surface area contributed by atoms with Crippen molar-refractivity contribution in [1.29, 1.82) is 0 Å². The van der Waals surface area contributed by atoms with Gasteiger partial charge in [0, 0.05) is 11.3 Å². The van der Waals surface area contributed by atoms with E-state index in [1.54, 1.807) is 7.11 Å². The number of hydrogen-bond donors (Lipinski definition) is 2. The Bertz CT molecular complexity index is 686. The molecule has 0 heterocycles. The third-order valence-electron chi connectivity index (χ3n) is 3.88. The minimum atomic E-state index is 0. The van der Waals surface area contributed by atoms with E-state index in [0.29, 0.717) is 12.5 Å². The number of benzene rings is 2. The second kappa shape index (κ2) is 10.2. The SMILES string of the molecule is COc1ccccc1C(CN=C(N)Nc1ccc(C)cc1)N(C)C.I. The molecular weight excluding hydrogens is 427 g/mol. The molecule has 0 bridgehead atoms. The topological polar surface area (TPSA) is 62.9 Å². The lowest BCUT2D eigenvalue weighted by Gasteiger charge is -2.25. The molecule has 0 aliphatic rings. The molecule has 2 aromatic carbocycles. The molecule has 0 fully saturated rings. The Morgan fingerprint density at radius 3 is 2.40 bits per heavy atom. The first-order valence-corrected chi connectivity index (χ1v) is 7.94. The van der Waals surface area contributed by atoms with Crippen molar-refractivity contribution in [3.8, 4) is 5.75 Å². The minimum absolute atomic E-state index is 0. The van der Waals surface area contributed by atoms with Gasteiger partial charge < -0.3 is 20.7 Å². The summed E-state index contributed by atoms with van der Waals surface area (Å²) in [5.41, 5.74) is 9.26. The number of nitrogens with two attached hydrogens (primary N) is 1. The van der Waals surface area contributed by atoms with Crippen LogP contribution in [0.1, 0.15) is 17.2 Å². The fourth-order valence-electron chi connectivity index (χ4n) is 2.49. The summed E-state index contributed by atoms with van der Waals surface area (Å²) in [5.74, 6) is 1.26. The summed E-state index contributed by atoms with van der Waals surface area (Å²) in [6.45, 7) is 2.59. The Balaban J connectivity index is 0.00000312. The first-order valence-electron chi connectivity index (χ1n) is 7.94. The Kier molecular flexibility index (Phi) is 8.71. The summed E-state index contributed by atoms with van der Waals surface area (Å²) in [5, 5.41) is 3.12. The van der Waals surface area contributed by atoms with Gasteiger partial charge in [0.05, 0.1) is 19.7 Å². The first kappa shape index (κ1) is 21.2. The third kappa shape index (κ3) is 6.21.